The van der Waals surface area contributed by atoms with E-state index in [1.165, 1.54) is 57.7 Å². The molecule has 20 nitrogen and oxygen atoms in total. The van der Waals surface area contributed by atoms with Crippen LogP contribution in [0.2, 0.25) is 0 Å². The van der Waals surface area contributed by atoms with Crippen LogP contribution in [0.1, 0.15) is 85.4 Å². The molecule has 22 heteroatoms. The molecule has 0 saturated heterocycles. The highest BCUT2D eigenvalue weighted by atomic mass is 32.2. The van der Waals surface area contributed by atoms with Crippen LogP contribution in [0.4, 0.5) is 0 Å². The minimum absolute atomic E-state index is 0.874. The van der Waals surface area contributed by atoms with Crippen molar-refractivity contribution < 1.29 is 45.7 Å². The third-order valence-electron chi connectivity index (χ3n) is 13.1. The third-order valence-corrected chi connectivity index (χ3v) is 14.3. The van der Waals surface area contributed by atoms with E-state index in [2.05, 4.69) is 173 Å². The molecule has 0 aliphatic carbocycles. The molecule has 75 heavy (non-hydrogen) atoms. The molecule has 10 N–H and O–H groups in total. The quantitative estimate of drug-likeness (QED) is 0.0518. The molecule has 0 fully saturated rings. The van der Waals surface area contributed by atoms with Crippen molar-refractivity contribution in [3.05, 3.63) is 182 Å². The first kappa shape index (κ1) is 57.1. The molecule has 0 aliphatic rings. The topological polar surface area (TPSA) is 197 Å². The second-order valence-electron chi connectivity index (χ2n) is 18.1. The number of imidazole rings is 10. The van der Waals surface area contributed by atoms with Gasteiger partial charge in [-0.15, -0.1) is 0 Å². The van der Waals surface area contributed by atoms with Crippen LogP contribution in [-0.4, -0.2) is 73.9 Å². The lowest BCUT2D eigenvalue weighted by molar-refractivity contribution is -0.917. The molecule has 10 rings (SSSR count). The fourth-order valence-corrected chi connectivity index (χ4v) is 9.25. The van der Waals surface area contributed by atoms with Gasteiger partial charge in [-0.3, -0.25) is 0 Å². The molecule has 0 spiro atoms. The van der Waals surface area contributed by atoms with Gasteiger partial charge >= 0.3 is 0 Å². The van der Waals surface area contributed by atoms with Crippen molar-refractivity contribution in [2.24, 2.45) is 28.2 Å². The van der Waals surface area contributed by atoms with Gasteiger partial charge in [0, 0.05) is 37.2 Å². The summed E-state index contributed by atoms with van der Waals surface area (Å²) in [5.41, 5.74) is 5.30. The fourth-order valence-electron chi connectivity index (χ4n) is 8.45. The van der Waals surface area contributed by atoms with Gasteiger partial charge in [-0.1, -0.05) is 27.7 Å². The summed E-state index contributed by atoms with van der Waals surface area (Å²) in [5.74, 6) is 9.65. The molecule has 0 aromatic carbocycles. The van der Waals surface area contributed by atoms with Crippen molar-refractivity contribution in [3.8, 4) is 0 Å². The van der Waals surface area contributed by atoms with Gasteiger partial charge < -0.3 is 0 Å². The van der Waals surface area contributed by atoms with E-state index < -0.39 is 0 Å². The van der Waals surface area contributed by atoms with Gasteiger partial charge in [-0.2, -0.15) is 50.9 Å². The highest BCUT2D eigenvalue weighted by Crippen LogP contribution is 2.00. The summed E-state index contributed by atoms with van der Waals surface area (Å²) in [5, 5.41) is 0. The maximum Gasteiger partial charge on any atom is 0.266 e. The maximum absolute atomic E-state index is 3.34. The van der Waals surface area contributed by atoms with Crippen LogP contribution < -0.4 is 45.7 Å². The van der Waals surface area contributed by atoms with Gasteiger partial charge in [-0.25, -0.2) is 68.1 Å². The predicted octanol–water partition coefficient (Wildman–Crippen LogP) is 1.50. The second kappa shape index (κ2) is 30.2. The molecule has 0 unspecified atom stereocenters. The molecule has 10 heterocycles. The maximum atomic E-state index is 3.34. The molecule has 0 atom stereocenters. The van der Waals surface area contributed by atoms with Gasteiger partial charge in [0.25, 0.3) is 34.9 Å². The van der Waals surface area contributed by atoms with Crippen molar-refractivity contribution in [2.45, 2.75) is 99.1 Å². The number of hydrogen-bond acceptors (Lipinski definition) is 2. The largest absolute Gasteiger partial charge is 0.266 e. The number of H-pyrrole nitrogens is 10. The van der Waals surface area contributed by atoms with Gasteiger partial charge in [0.05, 0.1) is 41.0 Å². The van der Waals surface area contributed by atoms with Crippen molar-refractivity contribution >= 4 is 23.5 Å². The summed E-state index contributed by atoms with van der Waals surface area (Å²) in [6.45, 7) is 11.3. The second-order valence-corrected chi connectivity index (χ2v) is 20.1. The number of nitrogens with zero attached hydrogens (tertiary/aromatic N) is 10. The van der Waals surface area contributed by atoms with Gasteiger partial charge in [-0.05, 0) is 12.5 Å². The number of aromatic amines is 10. The van der Waals surface area contributed by atoms with E-state index in [-0.39, 0.29) is 0 Å². The Morgan fingerprint density at radius 2 is 0.600 bits per heavy atom. The molecule has 400 valence electrons. The van der Waals surface area contributed by atoms with E-state index in [9.17, 15) is 0 Å². The molecule has 10 aromatic heterocycles. The first-order valence-corrected chi connectivity index (χ1v) is 28.7. The summed E-state index contributed by atoms with van der Waals surface area (Å²) in [4.78, 5) is 32.0. The highest BCUT2D eigenvalue weighted by molar-refractivity contribution is 7.98. The summed E-state index contributed by atoms with van der Waals surface area (Å²) in [7, 11) is 8.15. The van der Waals surface area contributed by atoms with E-state index in [1.807, 2.05) is 139 Å². The standard InChI is InChI=1S/C13H20N4S2.2C11H16N4.2C9H12N4/c1-18-9-3-12-14-5-7-16(12)11-17-8-6-15-13(17)4-10-19-2;2*1-3-10-5-12-7-14(10)9-15-8-13-6-11(15)4-2;2*1-12-5-3-10-8(12)7-9-11-4-6-13(9)2/h5-8H,3-4,9-11H2,1-2H3;2*5-8H,3-4,9H2,1-2H3;2*3-6H,7H2,1-2H3/p+10. The average Bonchev–Trinajstić information content (AvgIpc) is 4.25. The first-order valence-electron chi connectivity index (χ1n) is 26.0. The normalized spacial score (nSPS) is 10.8. The summed E-state index contributed by atoms with van der Waals surface area (Å²) >= 11 is 3.76. The molecule has 0 saturated carbocycles. The zero-order valence-corrected chi connectivity index (χ0v) is 47.7. The lowest BCUT2D eigenvalue weighted by atomic mass is 10.3. The smallest absolute Gasteiger partial charge is 0.250 e. The highest BCUT2D eigenvalue weighted by Gasteiger charge is 2.19. The minimum Gasteiger partial charge on any atom is -0.250 e. The van der Waals surface area contributed by atoms with E-state index in [4.69, 9.17) is 0 Å². The Balaban J connectivity index is 0.000000153. The predicted molar refractivity (Wildman–Crippen MR) is 287 cm³/mol. The number of hydrogen-bond donors (Lipinski definition) is 10. The Morgan fingerprint density at radius 1 is 0.347 bits per heavy atom. The van der Waals surface area contributed by atoms with Crippen LogP contribution in [0, 0.1) is 0 Å². The lowest BCUT2D eigenvalue weighted by Gasteiger charge is -2.01. The monoisotopic (exact) mass is 1070 g/mol. The number of aryl methyl sites for hydroxylation is 10. The average molecular weight is 1070 g/mol. The Hall–Kier alpha value is -7.20. The summed E-state index contributed by atoms with van der Waals surface area (Å²) < 4.78 is 21.8. The van der Waals surface area contributed by atoms with E-state index in [0.29, 0.717) is 0 Å². The van der Waals surface area contributed by atoms with Gasteiger partial charge in [0.15, 0.2) is 12.8 Å². The SMILES string of the molecule is CCc1c[nH]c[n+]1C[n+]1c[nH]cc1CC.CCc1c[nH]c[n+]1C[n+]1c[nH]cc1CC.CSCCc1[nH]cc[n+]1C[n+]1cc[nH]c1CCSC.C[n+]1cc[nH]c1Cc1[nH]cc[n+]1C.C[n+]1cc[nH]c1Cc1[nH]cc[n+]1C. The van der Waals surface area contributed by atoms with Crippen LogP contribution in [0.25, 0.3) is 0 Å². The molecular weight excluding hydrogens is 981 g/mol. The lowest BCUT2D eigenvalue weighted by Crippen LogP contribution is -2.53. The number of thioether (sulfide) groups is 2. The summed E-state index contributed by atoms with van der Waals surface area (Å²) in [6, 6.07) is 0. The van der Waals surface area contributed by atoms with E-state index >= 15 is 0 Å². The number of aromatic nitrogens is 20. The Morgan fingerprint density at radius 3 is 0.840 bits per heavy atom. The van der Waals surface area contributed by atoms with Crippen molar-refractivity contribution in [1.82, 2.24) is 49.8 Å². The van der Waals surface area contributed by atoms with Crippen molar-refractivity contribution in [2.75, 3.05) is 24.0 Å². The van der Waals surface area contributed by atoms with Crippen LogP contribution in [0.5, 0.6) is 0 Å². The Kier molecular flexibility index (Phi) is 23.0. The van der Waals surface area contributed by atoms with E-state index in [1.54, 1.807) is 0 Å². The van der Waals surface area contributed by atoms with Crippen molar-refractivity contribution in [3.63, 3.8) is 0 Å². The number of rotatable bonds is 20. The zero-order valence-electron chi connectivity index (χ0n) is 46.0. The zero-order chi connectivity index (χ0) is 53.4. The molecule has 0 radical (unpaired) electrons. The van der Waals surface area contributed by atoms with Crippen LogP contribution in [0.15, 0.2) is 124 Å². The Bertz CT molecular complexity index is 2740. The van der Waals surface area contributed by atoms with Crippen LogP contribution in [0.3, 0.4) is 0 Å². The third kappa shape index (κ3) is 16.9. The molecule has 0 aliphatic heterocycles. The molecule has 0 amide bonds. The van der Waals surface area contributed by atoms with E-state index in [0.717, 1.165) is 82.9 Å². The minimum atomic E-state index is 0.874. The fraction of sp³-hybridized carbons (Fsp3) is 0.434. The molecule has 10 aromatic rings. The van der Waals surface area contributed by atoms with Gasteiger partial charge in [0.2, 0.25) is 45.3 Å². The molecule has 0 bridgehead atoms. The van der Waals surface area contributed by atoms with Crippen LogP contribution >= 0.6 is 23.5 Å². The van der Waals surface area contributed by atoms with Crippen molar-refractivity contribution in [1.29, 1.82) is 0 Å². The summed E-state index contributed by atoms with van der Waals surface area (Å²) in [6.07, 6.45) is 52.8. The van der Waals surface area contributed by atoms with Gasteiger partial charge in [0.1, 0.15) is 122 Å². The first-order chi connectivity index (χ1) is 36.6. The van der Waals surface area contributed by atoms with Crippen LogP contribution in [-0.2, 0) is 99.6 Å². The Labute approximate surface area is 450 Å². The molecular formula is C53H86N20S2+10. The number of nitrogens with one attached hydrogen (secondary N) is 10.